The molecule has 1 aliphatic rings. The van der Waals surface area contributed by atoms with Gasteiger partial charge in [0.15, 0.2) is 0 Å². The van der Waals surface area contributed by atoms with Crippen LogP contribution in [-0.4, -0.2) is 11.9 Å². The molecule has 1 heterocycles. The molecule has 17 heavy (non-hydrogen) atoms. The van der Waals surface area contributed by atoms with Gasteiger partial charge in [-0.25, -0.2) is 0 Å². The summed E-state index contributed by atoms with van der Waals surface area (Å²) >= 11 is 1.34. The molecular weight excluding hydrogens is 232 g/mol. The summed E-state index contributed by atoms with van der Waals surface area (Å²) in [5, 5.41) is 13.7. The minimum Gasteiger partial charge on any atom is -0.349 e. The van der Waals surface area contributed by atoms with Crippen molar-refractivity contribution in [1.82, 2.24) is 5.32 Å². The van der Waals surface area contributed by atoms with E-state index < -0.39 is 0 Å². The Labute approximate surface area is 105 Å². The smallest absolute Gasteiger partial charge is 0.262 e. The zero-order chi connectivity index (χ0) is 12.3. The Bertz CT molecular complexity index is 447. The molecule has 1 aromatic rings. The second-order valence-electron chi connectivity index (χ2n) is 4.72. The van der Waals surface area contributed by atoms with Crippen LogP contribution in [0.4, 0.5) is 0 Å². The monoisotopic (exact) mass is 248 g/mol. The molecule has 1 amide bonds. The summed E-state index contributed by atoms with van der Waals surface area (Å²) in [6, 6.07) is 4.03. The van der Waals surface area contributed by atoms with Crippen molar-refractivity contribution in [1.29, 1.82) is 5.26 Å². The lowest BCUT2D eigenvalue weighted by molar-refractivity contribution is 0.0925. The van der Waals surface area contributed by atoms with Crippen LogP contribution in [0.5, 0.6) is 0 Å². The molecule has 0 saturated heterocycles. The number of carbonyl (C=O) groups excluding carboxylic acids is 1. The van der Waals surface area contributed by atoms with Crippen molar-refractivity contribution in [3.63, 3.8) is 0 Å². The van der Waals surface area contributed by atoms with Gasteiger partial charge in [-0.2, -0.15) is 5.26 Å². The van der Waals surface area contributed by atoms with Crippen molar-refractivity contribution >= 4 is 17.2 Å². The third-order valence-corrected chi connectivity index (χ3v) is 4.18. The average Bonchev–Trinajstić information content (AvgIpc) is 2.77. The van der Waals surface area contributed by atoms with Gasteiger partial charge in [0.25, 0.3) is 5.91 Å². The van der Waals surface area contributed by atoms with Crippen LogP contribution in [0.15, 0.2) is 11.4 Å². The van der Waals surface area contributed by atoms with Gasteiger partial charge in [0.2, 0.25) is 0 Å². The Hall–Kier alpha value is -1.34. The highest BCUT2D eigenvalue weighted by Crippen LogP contribution is 2.24. The number of hydrogen-bond acceptors (Lipinski definition) is 3. The lowest BCUT2D eigenvalue weighted by Gasteiger charge is -2.27. The number of carbonyl (C=O) groups is 1. The third kappa shape index (κ3) is 2.86. The van der Waals surface area contributed by atoms with Gasteiger partial charge in [0, 0.05) is 6.04 Å². The van der Waals surface area contributed by atoms with E-state index in [1.165, 1.54) is 24.2 Å². The first-order valence-electron chi connectivity index (χ1n) is 5.99. The Morgan fingerprint density at radius 1 is 1.59 bits per heavy atom. The molecule has 0 spiro atoms. The number of thiophene rings is 1. The molecule has 1 aromatic heterocycles. The lowest BCUT2D eigenvalue weighted by Crippen LogP contribution is -2.37. The summed E-state index contributed by atoms with van der Waals surface area (Å²) < 4.78 is 0. The molecule has 2 atom stereocenters. The van der Waals surface area contributed by atoms with E-state index in [1.54, 1.807) is 11.4 Å². The van der Waals surface area contributed by atoms with E-state index in [0.29, 0.717) is 16.4 Å². The largest absolute Gasteiger partial charge is 0.349 e. The molecule has 1 N–H and O–H groups in total. The van der Waals surface area contributed by atoms with E-state index in [2.05, 4.69) is 18.3 Å². The molecule has 0 bridgehead atoms. The van der Waals surface area contributed by atoms with Crippen LogP contribution in [0.1, 0.15) is 47.8 Å². The summed E-state index contributed by atoms with van der Waals surface area (Å²) in [4.78, 5) is 12.6. The van der Waals surface area contributed by atoms with Crippen LogP contribution in [0.25, 0.3) is 0 Å². The van der Waals surface area contributed by atoms with Crippen LogP contribution < -0.4 is 5.32 Å². The number of nitrogens with one attached hydrogen (secondary N) is 1. The second kappa shape index (κ2) is 5.33. The lowest BCUT2D eigenvalue weighted by atomic mass is 9.87. The van der Waals surface area contributed by atoms with E-state index in [9.17, 15) is 4.79 Å². The molecule has 1 fully saturated rings. The molecular formula is C13H16N2OS. The summed E-state index contributed by atoms with van der Waals surface area (Å²) in [5.41, 5.74) is 0.483. The Kier molecular flexibility index (Phi) is 3.80. The number of nitriles is 1. The first-order chi connectivity index (χ1) is 8.20. The molecule has 2 rings (SSSR count). The van der Waals surface area contributed by atoms with Gasteiger partial charge in [0.1, 0.15) is 10.9 Å². The van der Waals surface area contributed by atoms with E-state index in [4.69, 9.17) is 5.26 Å². The molecule has 0 aromatic carbocycles. The van der Waals surface area contributed by atoms with Crippen LogP contribution in [-0.2, 0) is 0 Å². The summed E-state index contributed by atoms with van der Waals surface area (Å²) in [5.74, 6) is 0.600. The quantitative estimate of drug-likeness (QED) is 0.875. The van der Waals surface area contributed by atoms with Gasteiger partial charge in [0.05, 0.1) is 5.56 Å². The van der Waals surface area contributed by atoms with Crippen LogP contribution in [0.3, 0.4) is 0 Å². The first kappa shape index (κ1) is 12.1. The van der Waals surface area contributed by atoms with Gasteiger partial charge >= 0.3 is 0 Å². The highest BCUT2D eigenvalue weighted by atomic mass is 32.1. The first-order valence-corrected chi connectivity index (χ1v) is 6.87. The van der Waals surface area contributed by atoms with Gasteiger partial charge in [-0.15, -0.1) is 11.3 Å². The minimum atomic E-state index is -0.0874. The van der Waals surface area contributed by atoms with Crippen LogP contribution >= 0.6 is 11.3 Å². The molecule has 4 heteroatoms. The molecule has 0 aliphatic heterocycles. The zero-order valence-corrected chi connectivity index (χ0v) is 10.7. The second-order valence-corrected chi connectivity index (χ2v) is 5.63. The maximum atomic E-state index is 12.0. The van der Waals surface area contributed by atoms with Crippen LogP contribution in [0.2, 0.25) is 0 Å². The highest BCUT2D eigenvalue weighted by Gasteiger charge is 2.22. The number of nitrogens with zero attached hydrogens (tertiary/aromatic N) is 1. The van der Waals surface area contributed by atoms with Gasteiger partial charge < -0.3 is 5.32 Å². The topological polar surface area (TPSA) is 52.9 Å². The van der Waals surface area contributed by atoms with E-state index >= 15 is 0 Å². The highest BCUT2D eigenvalue weighted by molar-refractivity contribution is 7.12. The fourth-order valence-electron chi connectivity index (χ4n) is 2.39. The molecule has 3 nitrogen and oxygen atoms in total. The van der Waals surface area contributed by atoms with Gasteiger partial charge in [-0.1, -0.05) is 19.8 Å². The Morgan fingerprint density at radius 2 is 2.41 bits per heavy atom. The van der Waals surface area contributed by atoms with Crippen molar-refractivity contribution in [2.75, 3.05) is 0 Å². The van der Waals surface area contributed by atoms with Crippen molar-refractivity contribution < 1.29 is 4.79 Å². The van der Waals surface area contributed by atoms with Crippen molar-refractivity contribution in [2.45, 2.75) is 38.6 Å². The maximum absolute atomic E-state index is 12.0. The molecule has 1 aliphatic carbocycles. The van der Waals surface area contributed by atoms with E-state index in [1.807, 2.05) is 0 Å². The molecule has 0 radical (unpaired) electrons. The summed E-state index contributed by atoms with van der Waals surface area (Å²) in [6.07, 6.45) is 4.55. The van der Waals surface area contributed by atoms with Gasteiger partial charge in [-0.05, 0) is 30.2 Å². The standard InChI is InChI=1S/C13H16N2OS/c1-9-3-2-4-11(7-9)15-13(16)12-10(8-14)5-6-17-12/h5-6,9,11H,2-4,7H2,1H3,(H,15,16). The Balaban J connectivity index is 2.00. The van der Waals surface area contributed by atoms with Gasteiger partial charge in [-0.3, -0.25) is 4.79 Å². The third-order valence-electron chi connectivity index (χ3n) is 3.26. The fourth-order valence-corrected chi connectivity index (χ4v) is 3.14. The van der Waals surface area contributed by atoms with Crippen molar-refractivity contribution in [2.24, 2.45) is 5.92 Å². The number of amides is 1. The zero-order valence-electron chi connectivity index (χ0n) is 9.90. The normalized spacial score (nSPS) is 24.0. The van der Waals surface area contributed by atoms with Crippen molar-refractivity contribution in [3.8, 4) is 6.07 Å². The fraction of sp³-hybridized carbons (Fsp3) is 0.538. The SMILES string of the molecule is CC1CCCC(NC(=O)c2sccc2C#N)C1. The number of rotatable bonds is 2. The average molecular weight is 248 g/mol. The molecule has 1 saturated carbocycles. The molecule has 2 unspecified atom stereocenters. The predicted octanol–water partition coefficient (Wildman–Crippen LogP) is 2.93. The summed E-state index contributed by atoms with van der Waals surface area (Å²) in [7, 11) is 0. The van der Waals surface area contributed by atoms with E-state index in [-0.39, 0.29) is 11.9 Å². The Morgan fingerprint density at radius 3 is 3.12 bits per heavy atom. The summed E-state index contributed by atoms with van der Waals surface area (Å²) in [6.45, 7) is 2.23. The van der Waals surface area contributed by atoms with E-state index in [0.717, 1.165) is 12.8 Å². The van der Waals surface area contributed by atoms with Crippen LogP contribution in [0, 0.1) is 17.2 Å². The maximum Gasteiger partial charge on any atom is 0.262 e. The predicted molar refractivity (Wildman–Crippen MR) is 67.9 cm³/mol. The minimum absolute atomic E-state index is 0.0874. The van der Waals surface area contributed by atoms with Crippen molar-refractivity contribution in [3.05, 3.63) is 21.9 Å². The molecule has 90 valence electrons. The number of hydrogen-bond donors (Lipinski definition) is 1.